The molecule has 0 fully saturated rings. The van der Waals surface area contributed by atoms with Crippen LogP contribution in [0.15, 0.2) is 34.9 Å². The summed E-state index contributed by atoms with van der Waals surface area (Å²) in [6, 6.07) is 8.00. The molecule has 0 unspecified atom stereocenters. The SMILES string of the molecule is OC[C@H](O)CSCc1ccc(Br)c2cccnc12. The van der Waals surface area contributed by atoms with Crippen LogP contribution in [-0.4, -0.2) is 33.7 Å². The van der Waals surface area contributed by atoms with Crippen LogP contribution in [0.5, 0.6) is 0 Å². The van der Waals surface area contributed by atoms with Crippen LogP contribution < -0.4 is 0 Å². The van der Waals surface area contributed by atoms with E-state index in [-0.39, 0.29) is 6.61 Å². The zero-order valence-corrected chi connectivity index (χ0v) is 12.1. The number of aromatic nitrogens is 1. The Labute approximate surface area is 118 Å². The maximum Gasteiger partial charge on any atom is 0.0861 e. The summed E-state index contributed by atoms with van der Waals surface area (Å²) in [6.45, 7) is -0.188. The first-order valence-electron chi connectivity index (χ1n) is 5.61. The van der Waals surface area contributed by atoms with Crippen molar-refractivity contribution in [2.75, 3.05) is 12.4 Å². The maximum atomic E-state index is 9.30. The van der Waals surface area contributed by atoms with E-state index < -0.39 is 6.10 Å². The zero-order valence-electron chi connectivity index (χ0n) is 9.71. The van der Waals surface area contributed by atoms with Crippen molar-refractivity contribution in [1.82, 2.24) is 4.98 Å². The van der Waals surface area contributed by atoms with Gasteiger partial charge in [0.05, 0.1) is 18.2 Å². The minimum absolute atomic E-state index is 0.188. The number of pyridine rings is 1. The third-order valence-electron chi connectivity index (χ3n) is 2.58. The molecule has 3 nitrogen and oxygen atoms in total. The van der Waals surface area contributed by atoms with Gasteiger partial charge in [-0.25, -0.2) is 0 Å². The number of aliphatic hydroxyl groups is 2. The topological polar surface area (TPSA) is 53.4 Å². The molecule has 0 bridgehead atoms. The van der Waals surface area contributed by atoms with Gasteiger partial charge in [0.25, 0.3) is 0 Å². The van der Waals surface area contributed by atoms with Gasteiger partial charge < -0.3 is 10.2 Å². The van der Waals surface area contributed by atoms with Crippen LogP contribution in [0.4, 0.5) is 0 Å². The van der Waals surface area contributed by atoms with E-state index in [9.17, 15) is 5.11 Å². The average Bonchev–Trinajstić information content (AvgIpc) is 2.41. The number of rotatable bonds is 5. The lowest BCUT2D eigenvalue weighted by Crippen LogP contribution is -2.14. The smallest absolute Gasteiger partial charge is 0.0861 e. The van der Waals surface area contributed by atoms with Gasteiger partial charge in [-0.15, -0.1) is 0 Å². The third kappa shape index (κ3) is 3.23. The Hall–Kier alpha value is -0.620. The molecule has 0 aliphatic rings. The van der Waals surface area contributed by atoms with Crippen molar-refractivity contribution in [3.8, 4) is 0 Å². The number of fused-ring (bicyclic) bond motifs is 1. The summed E-state index contributed by atoms with van der Waals surface area (Å²) in [5, 5.41) is 19.2. The summed E-state index contributed by atoms with van der Waals surface area (Å²) in [5.74, 6) is 1.30. The van der Waals surface area contributed by atoms with Crippen molar-refractivity contribution < 1.29 is 10.2 Å². The van der Waals surface area contributed by atoms with Crippen LogP contribution in [0.25, 0.3) is 10.9 Å². The van der Waals surface area contributed by atoms with Gasteiger partial charge in [-0.2, -0.15) is 11.8 Å². The second-order valence-electron chi connectivity index (χ2n) is 3.96. The van der Waals surface area contributed by atoms with Crippen LogP contribution in [0.1, 0.15) is 5.56 Å². The highest BCUT2D eigenvalue weighted by molar-refractivity contribution is 9.10. The van der Waals surface area contributed by atoms with E-state index in [0.717, 1.165) is 26.7 Å². The Morgan fingerprint density at radius 1 is 1.33 bits per heavy atom. The summed E-state index contributed by atoms with van der Waals surface area (Å²) in [4.78, 5) is 4.40. The highest BCUT2D eigenvalue weighted by Gasteiger charge is 2.07. The molecule has 2 N–H and O–H groups in total. The monoisotopic (exact) mass is 327 g/mol. The van der Waals surface area contributed by atoms with Gasteiger partial charge in [0.1, 0.15) is 0 Å². The predicted octanol–water partition coefficient (Wildman–Crippen LogP) is 2.58. The zero-order chi connectivity index (χ0) is 13.0. The van der Waals surface area contributed by atoms with Crippen LogP contribution in [0, 0.1) is 0 Å². The largest absolute Gasteiger partial charge is 0.394 e. The molecule has 18 heavy (non-hydrogen) atoms. The summed E-state index contributed by atoms with van der Waals surface area (Å²) < 4.78 is 1.04. The van der Waals surface area contributed by atoms with Crippen molar-refractivity contribution in [3.05, 3.63) is 40.5 Å². The summed E-state index contributed by atoms with van der Waals surface area (Å²) in [6.07, 6.45) is 1.13. The summed E-state index contributed by atoms with van der Waals surface area (Å²) in [5.41, 5.74) is 2.13. The number of aliphatic hydroxyl groups excluding tert-OH is 2. The van der Waals surface area contributed by atoms with E-state index in [1.807, 2.05) is 24.3 Å². The number of benzene rings is 1. The fraction of sp³-hybridized carbons (Fsp3) is 0.308. The van der Waals surface area contributed by atoms with Crippen molar-refractivity contribution >= 4 is 38.6 Å². The first kappa shape index (κ1) is 13.8. The number of thioether (sulfide) groups is 1. The molecule has 96 valence electrons. The Kier molecular flexibility index (Phi) is 5.00. The first-order valence-corrected chi connectivity index (χ1v) is 7.56. The van der Waals surface area contributed by atoms with Crippen molar-refractivity contribution in [2.45, 2.75) is 11.9 Å². The van der Waals surface area contributed by atoms with Gasteiger partial charge in [-0.1, -0.05) is 28.1 Å². The van der Waals surface area contributed by atoms with E-state index >= 15 is 0 Å². The van der Waals surface area contributed by atoms with Crippen LogP contribution in [-0.2, 0) is 5.75 Å². The minimum atomic E-state index is -0.648. The van der Waals surface area contributed by atoms with E-state index in [1.54, 1.807) is 18.0 Å². The van der Waals surface area contributed by atoms with Crippen molar-refractivity contribution in [3.63, 3.8) is 0 Å². The molecule has 0 aliphatic heterocycles. The van der Waals surface area contributed by atoms with E-state index in [4.69, 9.17) is 5.11 Å². The van der Waals surface area contributed by atoms with Crippen molar-refractivity contribution in [2.24, 2.45) is 0 Å². The van der Waals surface area contributed by atoms with Gasteiger partial charge in [0.2, 0.25) is 0 Å². The predicted molar refractivity (Wildman–Crippen MR) is 78.7 cm³/mol. The van der Waals surface area contributed by atoms with Gasteiger partial charge in [0, 0.05) is 27.6 Å². The van der Waals surface area contributed by atoms with E-state index in [0.29, 0.717) is 5.75 Å². The molecule has 1 atom stereocenters. The summed E-state index contributed by atoms with van der Waals surface area (Å²) >= 11 is 5.11. The quantitative estimate of drug-likeness (QED) is 0.886. The van der Waals surface area contributed by atoms with Crippen molar-refractivity contribution in [1.29, 1.82) is 0 Å². The fourth-order valence-corrected chi connectivity index (χ4v) is 3.07. The molecule has 0 aliphatic carbocycles. The number of hydrogen-bond acceptors (Lipinski definition) is 4. The molecule has 1 aromatic carbocycles. The highest BCUT2D eigenvalue weighted by atomic mass is 79.9. The molecule has 2 aromatic rings. The normalized spacial score (nSPS) is 12.8. The third-order valence-corrected chi connectivity index (χ3v) is 4.41. The average molecular weight is 328 g/mol. The van der Waals surface area contributed by atoms with Gasteiger partial charge in [-0.05, 0) is 17.7 Å². The number of hydrogen-bond donors (Lipinski definition) is 2. The van der Waals surface area contributed by atoms with Crippen LogP contribution >= 0.6 is 27.7 Å². The molecule has 0 saturated carbocycles. The van der Waals surface area contributed by atoms with Gasteiger partial charge >= 0.3 is 0 Å². The first-order chi connectivity index (χ1) is 8.72. The molecule has 5 heteroatoms. The van der Waals surface area contributed by atoms with Gasteiger partial charge in [0.15, 0.2) is 0 Å². The van der Waals surface area contributed by atoms with E-state index in [1.165, 1.54) is 0 Å². The number of halogens is 1. The van der Waals surface area contributed by atoms with Crippen LogP contribution in [0.2, 0.25) is 0 Å². The fourth-order valence-electron chi connectivity index (χ4n) is 1.67. The molecule has 1 aromatic heterocycles. The Balaban J connectivity index is 2.16. The second kappa shape index (κ2) is 6.52. The standard InChI is InChI=1S/C13H14BrNO2S/c14-12-4-3-9(7-18-8-10(17)6-16)13-11(12)2-1-5-15-13/h1-5,10,16-17H,6-8H2/t10-/m0/s1. The Morgan fingerprint density at radius 2 is 2.17 bits per heavy atom. The summed E-state index contributed by atoms with van der Waals surface area (Å²) in [7, 11) is 0. The second-order valence-corrected chi connectivity index (χ2v) is 5.84. The number of nitrogens with zero attached hydrogens (tertiary/aromatic N) is 1. The van der Waals surface area contributed by atoms with Crippen LogP contribution in [0.3, 0.4) is 0 Å². The molecule has 1 heterocycles. The molecule has 0 saturated heterocycles. The van der Waals surface area contributed by atoms with Gasteiger partial charge in [-0.3, -0.25) is 4.98 Å². The lowest BCUT2D eigenvalue weighted by Gasteiger charge is -2.09. The molecular formula is C13H14BrNO2S. The Morgan fingerprint density at radius 3 is 2.94 bits per heavy atom. The maximum absolute atomic E-state index is 9.30. The molecule has 2 rings (SSSR count). The molecular weight excluding hydrogens is 314 g/mol. The minimum Gasteiger partial charge on any atom is -0.394 e. The molecule has 0 spiro atoms. The lowest BCUT2D eigenvalue weighted by atomic mass is 10.1. The lowest BCUT2D eigenvalue weighted by molar-refractivity contribution is 0.113. The van der Waals surface area contributed by atoms with E-state index in [2.05, 4.69) is 20.9 Å². The molecule has 0 radical (unpaired) electrons. The Bertz CT molecular complexity index is 535. The highest BCUT2D eigenvalue weighted by Crippen LogP contribution is 2.27. The molecule has 0 amide bonds.